The normalized spacial score (nSPS) is 20.1. The van der Waals surface area contributed by atoms with Gasteiger partial charge in [-0.2, -0.15) is 0 Å². The number of nitrogens with two attached hydrogens (primary N) is 4. The van der Waals surface area contributed by atoms with Crippen LogP contribution in [-0.4, -0.2) is 69.4 Å². The maximum absolute atomic E-state index is 13.7. The molecule has 6 atom stereocenters. The molecule has 14 nitrogen and oxygen atoms in total. The minimum Gasteiger partial charge on any atom is -0.481 e. The predicted molar refractivity (Wildman–Crippen MR) is 190 cm³/mol. The van der Waals surface area contributed by atoms with Crippen LogP contribution in [0.25, 0.3) is 21.5 Å². The quantitative estimate of drug-likeness (QED) is 0.0390. The number of aliphatic carboxylic acids is 1. The van der Waals surface area contributed by atoms with Crippen molar-refractivity contribution < 1.29 is 24.3 Å². The Morgan fingerprint density at radius 3 is 2.34 bits per heavy atom. The lowest BCUT2D eigenvalue weighted by Gasteiger charge is -2.41. The van der Waals surface area contributed by atoms with E-state index in [-0.39, 0.29) is 50.0 Å². The molecule has 3 amide bonds. The molecule has 4 aromatic rings. The van der Waals surface area contributed by atoms with Crippen molar-refractivity contribution in [2.24, 2.45) is 45.7 Å². The standard InChI is InChI=1S/C36H45N9O5/c37-29(11-20-7-8-23-12-21-4-1-2-5-22(21)13-24(23)10-20)35(50)45-31-16-25(17-32(46)47)28(15-26(31)14-27-18-41-19-43-27)34(49)44-30(33(38)48)6-3-9-42-36(39)40/h1-2,4-5,7-8,10,12-13,18-19,25-26,28-31H,3,6,9,11,14-17,37H2,(H2,38,48)(H,41,43)(H,44,49)(H,45,50)(H,46,47)(H4,39,40,42)/t25?,26?,28-,29?,30-,31?/m0/s1. The summed E-state index contributed by atoms with van der Waals surface area (Å²) >= 11 is 0. The average molecular weight is 684 g/mol. The summed E-state index contributed by atoms with van der Waals surface area (Å²) in [6.45, 7) is 0.251. The molecule has 264 valence electrons. The van der Waals surface area contributed by atoms with Crippen molar-refractivity contribution in [3.8, 4) is 0 Å². The van der Waals surface area contributed by atoms with Crippen LogP contribution in [0.4, 0.5) is 0 Å². The topological polar surface area (TPSA) is 258 Å². The highest BCUT2D eigenvalue weighted by molar-refractivity contribution is 5.98. The fourth-order valence-corrected chi connectivity index (χ4v) is 7.04. The first-order valence-corrected chi connectivity index (χ1v) is 16.8. The molecule has 3 aromatic carbocycles. The van der Waals surface area contributed by atoms with Gasteiger partial charge in [-0.25, -0.2) is 4.98 Å². The first-order chi connectivity index (χ1) is 24.0. The molecule has 14 heteroatoms. The van der Waals surface area contributed by atoms with Gasteiger partial charge >= 0.3 is 5.97 Å². The number of aromatic nitrogens is 2. The number of nitrogens with zero attached hydrogens (tertiary/aromatic N) is 2. The number of aliphatic imine (C=N–C) groups is 1. The Labute approximate surface area is 289 Å². The molecule has 1 aromatic heterocycles. The summed E-state index contributed by atoms with van der Waals surface area (Å²) in [4.78, 5) is 62.6. The number of hydrogen-bond acceptors (Lipinski definition) is 7. The van der Waals surface area contributed by atoms with E-state index in [0.29, 0.717) is 19.3 Å². The number of H-pyrrole nitrogens is 1. The zero-order valence-electron chi connectivity index (χ0n) is 27.8. The molecule has 0 aliphatic heterocycles. The van der Waals surface area contributed by atoms with Crippen molar-refractivity contribution in [1.29, 1.82) is 0 Å². The van der Waals surface area contributed by atoms with Gasteiger partial charge in [-0.1, -0.05) is 42.5 Å². The summed E-state index contributed by atoms with van der Waals surface area (Å²) in [5.74, 6) is -4.37. The van der Waals surface area contributed by atoms with Gasteiger partial charge < -0.3 is 43.7 Å². The molecule has 50 heavy (non-hydrogen) atoms. The first kappa shape index (κ1) is 35.8. The molecule has 0 radical (unpaired) electrons. The fourth-order valence-electron chi connectivity index (χ4n) is 7.04. The van der Waals surface area contributed by atoms with Crippen molar-refractivity contribution in [1.82, 2.24) is 20.6 Å². The van der Waals surface area contributed by atoms with Crippen molar-refractivity contribution in [2.45, 2.75) is 63.1 Å². The number of hydrogen-bond donors (Lipinski definition) is 8. The van der Waals surface area contributed by atoms with Crippen LogP contribution in [0.1, 0.15) is 43.4 Å². The molecule has 1 aliphatic rings. The van der Waals surface area contributed by atoms with E-state index in [4.69, 9.17) is 22.9 Å². The number of nitrogens with one attached hydrogen (secondary N) is 3. The van der Waals surface area contributed by atoms with Crippen LogP contribution in [0.3, 0.4) is 0 Å². The Hall–Kier alpha value is -5.50. The highest BCUT2D eigenvalue weighted by Crippen LogP contribution is 2.38. The molecule has 1 saturated carbocycles. The third kappa shape index (κ3) is 9.35. The number of carbonyl (C=O) groups excluding carboxylic acids is 3. The smallest absolute Gasteiger partial charge is 0.303 e. The summed E-state index contributed by atoms with van der Waals surface area (Å²) in [7, 11) is 0. The van der Waals surface area contributed by atoms with Crippen molar-refractivity contribution in [3.63, 3.8) is 0 Å². The molecule has 0 spiro atoms. The monoisotopic (exact) mass is 683 g/mol. The number of rotatable bonds is 15. The number of primary amides is 1. The van der Waals surface area contributed by atoms with Gasteiger partial charge in [0.2, 0.25) is 17.7 Å². The second-order valence-corrected chi connectivity index (χ2v) is 13.2. The van der Waals surface area contributed by atoms with Crippen molar-refractivity contribution >= 4 is 51.2 Å². The van der Waals surface area contributed by atoms with Crippen LogP contribution in [-0.2, 0) is 32.0 Å². The van der Waals surface area contributed by atoms with Crippen LogP contribution in [0, 0.1) is 17.8 Å². The number of amides is 3. The van der Waals surface area contributed by atoms with Crippen LogP contribution < -0.4 is 33.6 Å². The number of aromatic amines is 1. The minimum atomic E-state index is -1.07. The zero-order valence-corrected chi connectivity index (χ0v) is 27.8. The highest BCUT2D eigenvalue weighted by atomic mass is 16.4. The van der Waals surface area contributed by atoms with Crippen LogP contribution in [0.15, 0.2) is 72.1 Å². The summed E-state index contributed by atoms with van der Waals surface area (Å²) in [6.07, 6.45) is 4.73. The van der Waals surface area contributed by atoms with Gasteiger partial charge in [0.05, 0.1) is 12.4 Å². The largest absolute Gasteiger partial charge is 0.481 e. The van der Waals surface area contributed by atoms with Crippen LogP contribution in [0.2, 0.25) is 0 Å². The first-order valence-electron chi connectivity index (χ1n) is 16.8. The van der Waals surface area contributed by atoms with Crippen molar-refractivity contribution in [2.75, 3.05) is 6.54 Å². The van der Waals surface area contributed by atoms with Gasteiger partial charge in [0, 0.05) is 36.8 Å². The van der Waals surface area contributed by atoms with E-state index in [1.165, 1.54) is 0 Å². The second kappa shape index (κ2) is 16.3. The molecule has 12 N–H and O–H groups in total. The third-order valence-corrected chi connectivity index (χ3v) is 9.56. The van der Waals surface area contributed by atoms with Gasteiger partial charge in [-0.3, -0.25) is 24.2 Å². The predicted octanol–water partition coefficient (Wildman–Crippen LogP) is 1.45. The molecule has 5 rings (SSSR count). The number of imidazole rings is 1. The number of carbonyl (C=O) groups is 4. The fraction of sp³-hybridized carbons (Fsp3) is 0.389. The van der Waals surface area contributed by atoms with Crippen LogP contribution in [0.5, 0.6) is 0 Å². The summed E-state index contributed by atoms with van der Waals surface area (Å²) in [5.41, 5.74) is 24.5. The molecular weight excluding hydrogens is 638 g/mol. The summed E-state index contributed by atoms with van der Waals surface area (Å²) in [5, 5.41) is 20.0. The molecule has 4 unspecified atom stereocenters. The third-order valence-electron chi connectivity index (χ3n) is 9.56. The second-order valence-electron chi connectivity index (χ2n) is 13.2. The van der Waals surface area contributed by atoms with E-state index < -0.39 is 47.7 Å². The molecule has 1 heterocycles. The molecule has 1 fully saturated rings. The Bertz CT molecular complexity index is 1860. The lowest BCUT2D eigenvalue weighted by molar-refractivity contribution is -0.141. The highest BCUT2D eigenvalue weighted by Gasteiger charge is 2.43. The van der Waals surface area contributed by atoms with E-state index in [1.54, 1.807) is 12.5 Å². The number of carboxylic acids is 1. The Morgan fingerprint density at radius 1 is 0.960 bits per heavy atom. The van der Waals surface area contributed by atoms with E-state index in [2.05, 4.69) is 49.9 Å². The molecule has 1 aliphatic carbocycles. The van der Waals surface area contributed by atoms with E-state index in [9.17, 15) is 24.3 Å². The summed E-state index contributed by atoms with van der Waals surface area (Å²) < 4.78 is 0. The zero-order chi connectivity index (χ0) is 35.8. The maximum atomic E-state index is 13.7. The van der Waals surface area contributed by atoms with E-state index >= 15 is 0 Å². The summed E-state index contributed by atoms with van der Waals surface area (Å²) in [6, 6.07) is 16.1. The van der Waals surface area contributed by atoms with E-state index in [1.807, 2.05) is 30.3 Å². The molecule has 0 saturated heterocycles. The Morgan fingerprint density at radius 2 is 1.68 bits per heavy atom. The van der Waals surface area contributed by atoms with Gasteiger partial charge in [-0.05, 0) is 89.6 Å². The number of guanidine groups is 1. The van der Waals surface area contributed by atoms with E-state index in [0.717, 1.165) is 32.8 Å². The number of fused-ring (bicyclic) bond motifs is 2. The van der Waals surface area contributed by atoms with Gasteiger partial charge in [0.15, 0.2) is 5.96 Å². The Kier molecular flexibility index (Phi) is 11.6. The average Bonchev–Trinajstić information content (AvgIpc) is 3.58. The van der Waals surface area contributed by atoms with Gasteiger partial charge in [-0.15, -0.1) is 0 Å². The van der Waals surface area contributed by atoms with Gasteiger partial charge in [0.1, 0.15) is 6.04 Å². The molecular formula is C36H45N9O5. The lowest BCUT2D eigenvalue weighted by Crippen LogP contribution is -2.55. The van der Waals surface area contributed by atoms with Crippen molar-refractivity contribution in [3.05, 3.63) is 78.4 Å². The number of benzene rings is 3. The number of carboxylic acid groups (broad SMARTS) is 1. The SMILES string of the molecule is NC(=O)[C@H](CCCN=C(N)N)NC(=O)[C@H]1CC(Cc2cnc[nH]2)C(NC(=O)C(N)Cc2ccc3cc4ccccc4cc3c2)CC1CC(=O)O. The van der Waals surface area contributed by atoms with Gasteiger partial charge in [0.25, 0.3) is 0 Å². The van der Waals surface area contributed by atoms with Crippen LogP contribution >= 0.6 is 0 Å². The lowest BCUT2D eigenvalue weighted by atomic mass is 9.68. The maximum Gasteiger partial charge on any atom is 0.303 e. The Balaban J connectivity index is 1.30. The minimum absolute atomic E-state index is 0.0863. The molecule has 0 bridgehead atoms.